The normalized spacial score (nSPS) is 15.4. The molecule has 92 valence electrons. The fourth-order valence-electron chi connectivity index (χ4n) is 1.83. The first-order chi connectivity index (χ1) is 7.45. The highest BCUT2D eigenvalue weighted by atomic mass is 32.1. The van der Waals surface area contributed by atoms with Crippen molar-refractivity contribution in [2.75, 3.05) is 7.05 Å². The second kappa shape index (κ2) is 5.78. The van der Waals surface area contributed by atoms with Gasteiger partial charge in [0.25, 0.3) is 0 Å². The molecule has 0 bridgehead atoms. The summed E-state index contributed by atoms with van der Waals surface area (Å²) in [5.41, 5.74) is 1.19. The Bertz CT molecular complexity index is 311. The third kappa shape index (κ3) is 3.29. The molecule has 0 spiro atoms. The summed E-state index contributed by atoms with van der Waals surface area (Å²) < 4.78 is 0. The molecule has 2 unspecified atom stereocenters. The summed E-state index contributed by atoms with van der Waals surface area (Å²) in [6.45, 7) is 11.1. The van der Waals surface area contributed by atoms with E-state index < -0.39 is 0 Å². The molecular weight excluding hydrogens is 216 g/mol. The molecule has 2 nitrogen and oxygen atoms in total. The Hall–Kier alpha value is -0.410. The van der Waals surface area contributed by atoms with Crippen molar-refractivity contribution in [1.82, 2.24) is 10.3 Å². The lowest BCUT2D eigenvalue weighted by molar-refractivity contribution is 0.309. The lowest BCUT2D eigenvalue weighted by Crippen LogP contribution is -2.36. The average molecular weight is 240 g/mol. The van der Waals surface area contributed by atoms with E-state index in [1.807, 2.05) is 11.3 Å². The minimum atomic E-state index is 0.532. The number of likely N-dealkylation sites (N-methyl/N-ethyl adjacent to an activating group) is 1. The van der Waals surface area contributed by atoms with Crippen LogP contribution in [0.4, 0.5) is 0 Å². The van der Waals surface area contributed by atoms with Crippen molar-refractivity contribution in [3.05, 3.63) is 15.6 Å². The number of aromatic nitrogens is 1. The van der Waals surface area contributed by atoms with E-state index in [9.17, 15) is 0 Å². The first kappa shape index (κ1) is 13.7. The highest BCUT2D eigenvalue weighted by Crippen LogP contribution is 2.22. The summed E-state index contributed by atoms with van der Waals surface area (Å²) in [7, 11) is 2.05. The van der Waals surface area contributed by atoms with Gasteiger partial charge in [0.2, 0.25) is 0 Å². The molecule has 0 saturated carbocycles. The van der Waals surface area contributed by atoms with Gasteiger partial charge in [0.05, 0.1) is 10.7 Å². The smallest absolute Gasteiger partial charge is 0.0946 e. The van der Waals surface area contributed by atoms with Gasteiger partial charge in [-0.1, -0.05) is 20.8 Å². The largest absolute Gasteiger partial charge is 0.316 e. The highest BCUT2D eigenvalue weighted by molar-refractivity contribution is 7.11. The molecule has 0 saturated heterocycles. The molecular formula is C13H24N2S. The molecule has 1 heterocycles. The van der Waals surface area contributed by atoms with E-state index in [1.54, 1.807) is 0 Å². The Balaban J connectivity index is 2.70. The zero-order chi connectivity index (χ0) is 12.3. The van der Waals surface area contributed by atoms with Gasteiger partial charge in [0.1, 0.15) is 0 Å². The number of aryl methyl sites for hydroxylation is 2. The third-order valence-electron chi connectivity index (χ3n) is 3.52. The van der Waals surface area contributed by atoms with Crippen molar-refractivity contribution in [2.45, 2.75) is 47.1 Å². The maximum Gasteiger partial charge on any atom is 0.0946 e. The molecule has 0 aliphatic carbocycles. The molecule has 16 heavy (non-hydrogen) atoms. The Morgan fingerprint density at radius 2 is 1.88 bits per heavy atom. The van der Waals surface area contributed by atoms with E-state index in [1.165, 1.54) is 15.6 Å². The molecule has 2 atom stereocenters. The fourth-order valence-corrected chi connectivity index (χ4v) is 2.82. The standard InChI is InChI=1S/C13H24N2S/c1-8(2)9(3)12(14-6)7-13-15-10(4)11(5)16-13/h8-9,12,14H,7H2,1-6H3. The van der Waals surface area contributed by atoms with Crippen LogP contribution in [0.5, 0.6) is 0 Å². The number of nitrogens with one attached hydrogen (secondary N) is 1. The van der Waals surface area contributed by atoms with Crippen molar-refractivity contribution in [1.29, 1.82) is 0 Å². The third-order valence-corrected chi connectivity index (χ3v) is 4.62. The fraction of sp³-hybridized carbons (Fsp3) is 0.769. The first-order valence-electron chi connectivity index (χ1n) is 6.05. The van der Waals surface area contributed by atoms with E-state index in [0.29, 0.717) is 17.9 Å². The molecule has 1 aromatic heterocycles. The van der Waals surface area contributed by atoms with Crippen LogP contribution in [0.15, 0.2) is 0 Å². The molecule has 0 aromatic carbocycles. The van der Waals surface area contributed by atoms with Crippen LogP contribution in [0.25, 0.3) is 0 Å². The predicted molar refractivity (Wildman–Crippen MR) is 72.1 cm³/mol. The number of nitrogens with zero attached hydrogens (tertiary/aromatic N) is 1. The Morgan fingerprint density at radius 3 is 2.25 bits per heavy atom. The van der Waals surface area contributed by atoms with Crippen molar-refractivity contribution >= 4 is 11.3 Å². The number of hydrogen-bond donors (Lipinski definition) is 1. The van der Waals surface area contributed by atoms with Gasteiger partial charge >= 0.3 is 0 Å². The summed E-state index contributed by atoms with van der Waals surface area (Å²) in [5.74, 6) is 1.38. The molecule has 1 rings (SSSR count). The van der Waals surface area contributed by atoms with Gasteiger partial charge in [0, 0.05) is 17.3 Å². The second-order valence-corrected chi connectivity index (χ2v) is 6.24. The van der Waals surface area contributed by atoms with Gasteiger partial charge in [0.15, 0.2) is 0 Å². The molecule has 0 fully saturated rings. The molecule has 0 amide bonds. The van der Waals surface area contributed by atoms with Crippen LogP contribution in [0.2, 0.25) is 0 Å². The summed E-state index contributed by atoms with van der Waals surface area (Å²) in [6, 6.07) is 0.532. The van der Waals surface area contributed by atoms with Gasteiger partial charge in [-0.15, -0.1) is 11.3 Å². The van der Waals surface area contributed by atoms with Gasteiger partial charge in [-0.25, -0.2) is 4.98 Å². The van der Waals surface area contributed by atoms with Gasteiger partial charge < -0.3 is 5.32 Å². The maximum atomic E-state index is 4.62. The number of thiazole rings is 1. The number of rotatable bonds is 5. The van der Waals surface area contributed by atoms with E-state index >= 15 is 0 Å². The lowest BCUT2D eigenvalue weighted by Gasteiger charge is -2.25. The minimum Gasteiger partial charge on any atom is -0.316 e. The zero-order valence-corrected chi connectivity index (χ0v) is 12.1. The van der Waals surface area contributed by atoms with E-state index in [-0.39, 0.29) is 0 Å². The second-order valence-electron chi connectivity index (χ2n) is 4.95. The van der Waals surface area contributed by atoms with Gasteiger partial charge in [-0.2, -0.15) is 0 Å². The van der Waals surface area contributed by atoms with Crippen molar-refractivity contribution < 1.29 is 0 Å². The Kier molecular flexibility index (Phi) is 4.93. The molecule has 1 N–H and O–H groups in total. The highest BCUT2D eigenvalue weighted by Gasteiger charge is 2.20. The van der Waals surface area contributed by atoms with Gasteiger partial charge in [-0.05, 0) is 32.7 Å². The Labute approximate surface area is 103 Å². The summed E-state index contributed by atoms with van der Waals surface area (Å²) in [5, 5.41) is 4.69. The number of hydrogen-bond acceptors (Lipinski definition) is 3. The monoisotopic (exact) mass is 240 g/mol. The van der Waals surface area contributed by atoms with Crippen LogP contribution in [0.1, 0.15) is 36.3 Å². The molecule has 0 aliphatic heterocycles. The van der Waals surface area contributed by atoms with Crippen molar-refractivity contribution in [2.24, 2.45) is 11.8 Å². The maximum absolute atomic E-state index is 4.62. The van der Waals surface area contributed by atoms with E-state index in [2.05, 4.69) is 52.0 Å². The van der Waals surface area contributed by atoms with Crippen LogP contribution in [-0.4, -0.2) is 18.1 Å². The average Bonchev–Trinajstić information content (AvgIpc) is 2.53. The summed E-state index contributed by atoms with van der Waals surface area (Å²) in [4.78, 5) is 5.97. The van der Waals surface area contributed by atoms with Crippen LogP contribution in [-0.2, 0) is 6.42 Å². The predicted octanol–water partition coefficient (Wildman–Crippen LogP) is 3.18. The van der Waals surface area contributed by atoms with Gasteiger partial charge in [-0.3, -0.25) is 0 Å². The minimum absolute atomic E-state index is 0.532. The van der Waals surface area contributed by atoms with E-state index in [4.69, 9.17) is 0 Å². The lowest BCUT2D eigenvalue weighted by atomic mass is 9.89. The van der Waals surface area contributed by atoms with Crippen molar-refractivity contribution in [3.8, 4) is 0 Å². The van der Waals surface area contributed by atoms with Crippen LogP contribution in [0.3, 0.4) is 0 Å². The van der Waals surface area contributed by atoms with Crippen LogP contribution >= 0.6 is 11.3 Å². The molecule has 3 heteroatoms. The quantitative estimate of drug-likeness (QED) is 0.855. The Morgan fingerprint density at radius 1 is 1.25 bits per heavy atom. The summed E-state index contributed by atoms with van der Waals surface area (Å²) in [6.07, 6.45) is 1.05. The van der Waals surface area contributed by atoms with Crippen molar-refractivity contribution in [3.63, 3.8) is 0 Å². The SMILES string of the molecule is CNC(Cc1nc(C)c(C)s1)C(C)C(C)C. The van der Waals surface area contributed by atoms with Crippen LogP contribution in [0, 0.1) is 25.7 Å². The van der Waals surface area contributed by atoms with E-state index in [0.717, 1.165) is 6.42 Å². The molecule has 1 aromatic rings. The first-order valence-corrected chi connectivity index (χ1v) is 6.87. The summed E-state index contributed by atoms with van der Waals surface area (Å²) >= 11 is 1.84. The topological polar surface area (TPSA) is 24.9 Å². The molecule has 0 aliphatic rings. The zero-order valence-electron chi connectivity index (χ0n) is 11.3. The van der Waals surface area contributed by atoms with Crippen LogP contribution < -0.4 is 5.32 Å². The molecule has 0 radical (unpaired) electrons.